The molecule has 0 spiro atoms. The summed E-state index contributed by atoms with van der Waals surface area (Å²) in [7, 11) is 0. The van der Waals surface area contributed by atoms with E-state index < -0.39 is 0 Å². The van der Waals surface area contributed by atoms with Crippen molar-refractivity contribution in [3.05, 3.63) is 11.7 Å². The highest BCUT2D eigenvalue weighted by atomic mass is 16.5. The summed E-state index contributed by atoms with van der Waals surface area (Å²) in [4.78, 5) is 4.61. The predicted molar refractivity (Wildman–Crippen MR) is 76.6 cm³/mol. The van der Waals surface area contributed by atoms with Gasteiger partial charge in [-0.3, -0.25) is 0 Å². The molecule has 2 atom stereocenters. The van der Waals surface area contributed by atoms with Crippen LogP contribution in [0.5, 0.6) is 0 Å². The van der Waals surface area contributed by atoms with Crippen LogP contribution in [0.25, 0.3) is 0 Å². The third-order valence-electron chi connectivity index (χ3n) is 4.58. The quantitative estimate of drug-likeness (QED) is 0.898. The van der Waals surface area contributed by atoms with Gasteiger partial charge in [-0.25, -0.2) is 0 Å². The van der Waals surface area contributed by atoms with E-state index in [2.05, 4.69) is 10.1 Å². The maximum atomic E-state index is 6.03. The lowest BCUT2D eigenvalue weighted by atomic mass is 9.84. The molecule has 21 heavy (non-hydrogen) atoms. The average molecular weight is 295 g/mol. The van der Waals surface area contributed by atoms with Crippen molar-refractivity contribution in [2.24, 2.45) is 5.73 Å². The summed E-state index contributed by atoms with van der Waals surface area (Å²) in [5.74, 6) is 1.27. The maximum absolute atomic E-state index is 6.03. The second-order valence-corrected chi connectivity index (χ2v) is 6.00. The fourth-order valence-electron chi connectivity index (χ4n) is 3.44. The first-order valence-corrected chi connectivity index (χ1v) is 8.11. The average Bonchev–Trinajstić information content (AvgIpc) is 3.17. The van der Waals surface area contributed by atoms with Gasteiger partial charge in [-0.05, 0) is 32.6 Å². The van der Waals surface area contributed by atoms with E-state index in [9.17, 15) is 0 Å². The van der Waals surface area contributed by atoms with Gasteiger partial charge < -0.3 is 19.7 Å². The van der Waals surface area contributed by atoms with E-state index in [1.807, 2.05) is 6.92 Å². The minimum Gasteiger partial charge on any atom is -0.367 e. The number of nitrogens with two attached hydrogens (primary N) is 1. The fraction of sp³-hybridized carbons (Fsp3) is 0.867. The standard InChI is InChI=1S/C15H25N3O3/c1-2-19-15(8-4-3-5-9-15)14-17-13(21-18-14)12-7-6-11(10-16)20-12/h11-12H,2-10,16H2,1H3. The molecule has 1 aliphatic heterocycles. The van der Waals surface area contributed by atoms with E-state index in [4.69, 9.17) is 19.7 Å². The van der Waals surface area contributed by atoms with Crippen molar-refractivity contribution in [2.75, 3.05) is 13.2 Å². The van der Waals surface area contributed by atoms with Crippen molar-refractivity contribution < 1.29 is 14.0 Å². The van der Waals surface area contributed by atoms with Gasteiger partial charge in [0.15, 0.2) is 0 Å². The molecule has 2 N–H and O–H groups in total. The van der Waals surface area contributed by atoms with E-state index in [1.54, 1.807) is 0 Å². The van der Waals surface area contributed by atoms with Crippen LogP contribution in [0, 0.1) is 0 Å². The molecule has 2 fully saturated rings. The number of hydrogen-bond acceptors (Lipinski definition) is 6. The van der Waals surface area contributed by atoms with Gasteiger partial charge in [0.2, 0.25) is 5.82 Å². The first kappa shape index (κ1) is 14.9. The van der Waals surface area contributed by atoms with Crippen molar-refractivity contribution in [1.82, 2.24) is 10.1 Å². The first-order chi connectivity index (χ1) is 10.3. The maximum Gasteiger partial charge on any atom is 0.255 e. The Kier molecular flexibility index (Phi) is 4.57. The van der Waals surface area contributed by atoms with Crippen LogP contribution in [0.1, 0.15) is 69.7 Å². The second-order valence-electron chi connectivity index (χ2n) is 6.00. The van der Waals surface area contributed by atoms with Crippen molar-refractivity contribution in [3.63, 3.8) is 0 Å². The zero-order valence-electron chi connectivity index (χ0n) is 12.7. The van der Waals surface area contributed by atoms with Crippen LogP contribution in [0.15, 0.2) is 4.52 Å². The normalized spacial score (nSPS) is 28.9. The van der Waals surface area contributed by atoms with Crippen LogP contribution in [-0.4, -0.2) is 29.4 Å². The Bertz CT molecular complexity index is 451. The van der Waals surface area contributed by atoms with Crippen molar-refractivity contribution in [3.8, 4) is 0 Å². The Morgan fingerprint density at radius 2 is 2.10 bits per heavy atom. The lowest BCUT2D eigenvalue weighted by Crippen LogP contribution is -2.33. The smallest absolute Gasteiger partial charge is 0.255 e. The number of hydrogen-bond donors (Lipinski definition) is 1. The number of aromatic nitrogens is 2. The Labute approximate surface area is 125 Å². The van der Waals surface area contributed by atoms with Gasteiger partial charge in [-0.1, -0.05) is 24.4 Å². The van der Waals surface area contributed by atoms with E-state index in [0.717, 1.165) is 38.5 Å². The summed E-state index contributed by atoms with van der Waals surface area (Å²) in [6.07, 6.45) is 7.35. The number of ether oxygens (including phenoxy) is 2. The van der Waals surface area contributed by atoms with E-state index >= 15 is 0 Å². The van der Waals surface area contributed by atoms with Crippen LogP contribution in [0.4, 0.5) is 0 Å². The van der Waals surface area contributed by atoms with Crippen LogP contribution in [-0.2, 0) is 15.1 Å². The van der Waals surface area contributed by atoms with Crippen molar-refractivity contribution >= 4 is 0 Å². The topological polar surface area (TPSA) is 83.4 Å². The minimum atomic E-state index is -0.360. The van der Waals surface area contributed by atoms with Gasteiger partial charge in [-0.15, -0.1) is 0 Å². The van der Waals surface area contributed by atoms with Crippen molar-refractivity contribution in [1.29, 1.82) is 0 Å². The molecule has 0 aromatic carbocycles. The third-order valence-corrected chi connectivity index (χ3v) is 4.58. The molecule has 2 aliphatic rings. The zero-order chi connectivity index (χ0) is 14.7. The molecular formula is C15H25N3O3. The summed E-state index contributed by atoms with van der Waals surface area (Å²) in [6, 6.07) is 0. The van der Waals surface area contributed by atoms with Crippen LogP contribution in [0.2, 0.25) is 0 Å². The predicted octanol–water partition coefficient (Wildman–Crippen LogP) is 2.44. The highest BCUT2D eigenvalue weighted by Gasteiger charge is 2.40. The summed E-state index contributed by atoms with van der Waals surface area (Å²) < 4.78 is 17.3. The summed E-state index contributed by atoms with van der Waals surface area (Å²) in [6.45, 7) is 3.22. The molecule has 2 heterocycles. The lowest BCUT2D eigenvalue weighted by Gasteiger charge is -2.33. The fourth-order valence-corrected chi connectivity index (χ4v) is 3.44. The molecule has 1 aromatic rings. The Morgan fingerprint density at radius 1 is 1.29 bits per heavy atom. The van der Waals surface area contributed by atoms with Crippen LogP contribution < -0.4 is 5.73 Å². The highest BCUT2D eigenvalue weighted by Crippen LogP contribution is 2.40. The summed E-state index contributed by atoms with van der Waals surface area (Å²) in [5, 5.41) is 4.20. The Balaban J connectivity index is 1.76. The molecule has 2 unspecified atom stereocenters. The number of rotatable bonds is 5. The third kappa shape index (κ3) is 2.98. The first-order valence-electron chi connectivity index (χ1n) is 8.11. The zero-order valence-corrected chi connectivity index (χ0v) is 12.7. The van der Waals surface area contributed by atoms with Gasteiger partial charge in [0.05, 0.1) is 6.10 Å². The van der Waals surface area contributed by atoms with Gasteiger partial charge >= 0.3 is 0 Å². The van der Waals surface area contributed by atoms with Crippen LogP contribution >= 0.6 is 0 Å². The molecule has 1 aliphatic carbocycles. The Morgan fingerprint density at radius 3 is 2.76 bits per heavy atom. The van der Waals surface area contributed by atoms with Gasteiger partial charge in [-0.2, -0.15) is 4.98 Å². The van der Waals surface area contributed by atoms with E-state index in [1.165, 1.54) is 6.42 Å². The van der Waals surface area contributed by atoms with Gasteiger partial charge in [0.25, 0.3) is 5.89 Å². The van der Waals surface area contributed by atoms with E-state index in [0.29, 0.717) is 24.9 Å². The molecular weight excluding hydrogens is 270 g/mol. The summed E-state index contributed by atoms with van der Waals surface area (Å²) >= 11 is 0. The minimum absolute atomic E-state index is 0.109. The molecule has 6 nitrogen and oxygen atoms in total. The summed E-state index contributed by atoms with van der Waals surface area (Å²) in [5.41, 5.74) is 5.28. The van der Waals surface area contributed by atoms with Gasteiger partial charge in [0, 0.05) is 13.2 Å². The van der Waals surface area contributed by atoms with Crippen molar-refractivity contribution in [2.45, 2.75) is 69.7 Å². The number of nitrogens with zero attached hydrogens (tertiary/aromatic N) is 2. The molecule has 1 saturated carbocycles. The van der Waals surface area contributed by atoms with E-state index in [-0.39, 0.29) is 17.8 Å². The SMILES string of the molecule is CCOC1(c2noc(C3CCC(CN)O3)n2)CCCCC1. The lowest BCUT2D eigenvalue weighted by molar-refractivity contribution is -0.0777. The Hall–Kier alpha value is -0.980. The van der Waals surface area contributed by atoms with Crippen LogP contribution in [0.3, 0.4) is 0 Å². The molecule has 3 rings (SSSR count). The molecule has 118 valence electrons. The largest absolute Gasteiger partial charge is 0.367 e. The molecule has 6 heteroatoms. The molecule has 1 saturated heterocycles. The second kappa shape index (κ2) is 6.42. The molecule has 0 amide bonds. The highest BCUT2D eigenvalue weighted by molar-refractivity contribution is 5.05. The molecule has 0 radical (unpaired) electrons. The monoisotopic (exact) mass is 295 g/mol. The molecule has 1 aromatic heterocycles. The van der Waals surface area contributed by atoms with Gasteiger partial charge in [0.1, 0.15) is 11.7 Å². The molecule has 0 bridgehead atoms.